The summed E-state index contributed by atoms with van der Waals surface area (Å²) in [5.74, 6) is 3.04. The molecule has 0 heterocycles. The van der Waals surface area contributed by atoms with Crippen molar-refractivity contribution in [3.63, 3.8) is 0 Å². The molecule has 2 heteroatoms. The van der Waals surface area contributed by atoms with Gasteiger partial charge in [-0.15, -0.1) is 0 Å². The molecule has 2 fully saturated rings. The summed E-state index contributed by atoms with van der Waals surface area (Å²) >= 11 is 0. The summed E-state index contributed by atoms with van der Waals surface area (Å²) in [6.45, 7) is 21.6. The van der Waals surface area contributed by atoms with Crippen LogP contribution < -0.4 is 0 Å². The molecule has 194 valence electrons. The average molecular weight is 471 g/mol. The van der Waals surface area contributed by atoms with Crippen LogP contribution in [0, 0.1) is 45.3 Å². The Hall–Kier alpha value is -0.790. The molecule has 0 aromatic carbocycles. The minimum absolute atomic E-state index is 0.0436. The van der Waals surface area contributed by atoms with E-state index in [1.165, 1.54) is 64.2 Å². The Morgan fingerprint density at radius 1 is 0.912 bits per heavy atom. The van der Waals surface area contributed by atoms with Gasteiger partial charge in [0.15, 0.2) is 0 Å². The molecule has 0 amide bonds. The fourth-order valence-electron chi connectivity index (χ4n) is 10.1. The third-order valence-corrected chi connectivity index (χ3v) is 12.2. The Morgan fingerprint density at radius 2 is 1.62 bits per heavy atom. The van der Waals surface area contributed by atoms with Crippen LogP contribution in [0.3, 0.4) is 0 Å². The van der Waals surface area contributed by atoms with Gasteiger partial charge in [-0.25, -0.2) is 0 Å². The first kappa shape index (κ1) is 26.3. The molecule has 34 heavy (non-hydrogen) atoms. The Balaban J connectivity index is 1.61. The lowest BCUT2D eigenvalue weighted by Crippen LogP contribution is -2.55. The lowest BCUT2D eigenvalue weighted by atomic mass is 9.43. The molecule has 0 spiro atoms. The van der Waals surface area contributed by atoms with Gasteiger partial charge >= 0.3 is 5.97 Å². The summed E-state index contributed by atoms with van der Waals surface area (Å²) in [4.78, 5) is 11.8. The topological polar surface area (TPSA) is 26.3 Å². The van der Waals surface area contributed by atoms with Crippen molar-refractivity contribution in [2.45, 2.75) is 139 Å². The van der Waals surface area contributed by atoms with Crippen LogP contribution in [0.2, 0.25) is 0 Å². The highest BCUT2D eigenvalue weighted by atomic mass is 16.5. The number of carbonyl (C=O) groups is 1. The number of rotatable bonds is 6. The number of allylic oxidation sites excluding steroid dienone is 2. The molecule has 4 aliphatic rings. The van der Waals surface area contributed by atoms with E-state index in [2.05, 4.69) is 55.4 Å². The van der Waals surface area contributed by atoms with E-state index in [9.17, 15) is 4.79 Å². The average Bonchev–Trinajstić information content (AvgIpc) is 3.01. The van der Waals surface area contributed by atoms with E-state index in [4.69, 9.17) is 4.74 Å². The molecule has 4 aliphatic carbocycles. The zero-order valence-electron chi connectivity index (χ0n) is 24.0. The van der Waals surface area contributed by atoms with Crippen molar-refractivity contribution in [1.82, 2.24) is 0 Å². The zero-order chi connectivity index (χ0) is 25.1. The van der Waals surface area contributed by atoms with E-state index in [0.29, 0.717) is 16.7 Å². The predicted octanol–water partition coefficient (Wildman–Crippen LogP) is 9.13. The highest BCUT2D eigenvalue weighted by Crippen LogP contribution is 2.72. The van der Waals surface area contributed by atoms with Crippen LogP contribution >= 0.6 is 0 Å². The maximum Gasteiger partial charge on any atom is 0.302 e. The number of hydrogen-bond acceptors (Lipinski definition) is 2. The van der Waals surface area contributed by atoms with E-state index >= 15 is 0 Å². The van der Waals surface area contributed by atoms with Crippen LogP contribution in [0.5, 0.6) is 0 Å². The second-order valence-corrected chi connectivity index (χ2v) is 14.6. The molecule has 4 rings (SSSR count). The first-order chi connectivity index (χ1) is 15.8. The van der Waals surface area contributed by atoms with E-state index in [0.717, 1.165) is 24.2 Å². The van der Waals surface area contributed by atoms with Gasteiger partial charge in [-0.1, -0.05) is 85.8 Å². The van der Waals surface area contributed by atoms with Gasteiger partial charge < -0.3 is 4.74 Å². The molecule has 0 bridgehead atoms. The largest absolute Gasteiger partial charge is 0.462 e. The molecule has 0 radical (unpaired) electrons. The molecule has 7 atom stereocenters. The number of ether oxygens (including phenoxy) is 1. The van der Waals surface area contributed by atoms with Crippen LogP contribution in [0.1, 0.15) is 133 Å². The van der Waals surface area contributed by atoms with E-state index < -0.39 is 0 Å². The van der Waals surface area contributed by atoms with Crippen LogP contribution in [0.4, 0.5) is 0 Å². The lowest BCUT2D eigenvalue weighted by Gasteiger charge is -2.62. The standard InChI is InChI=1S/C32H54O2/c1-21(2)11-10-12-22(3)24-15-19-32(9)26-13-14-27-29(5,6)28(34-23(4)33)17-18-30(27,7)25(26)16-20-31(24,32)8/h21-22,24,27-28H,10-20H2,1-9H3/t22?,24-,27-,28+,30?,31-,32+/m0/s1. The Labute approximate surface area is 211 Å². The molecule has 2 saturated carbocycles. The molecule has 0 aromatic heterocycles. The quantitative estimate of drug-likeness (QED) is 0.286. The molecule has 2 nitrogen and oxygen atoms in total. The third kappa shape index (κ3) is 3.92. The number of carbonyl (C=O) groups excluding carboxylic acids is 1. The number of esters is 1. The van der Waals surface area contributed by atoms with Crippen molar-refractivity contribution >= 4 is 5.97 Å². The maximum atomic E-state index is 11.8. The van der Waals surface area contributed by atoms with E-state index in [1.54, 1.807) is 6.92 Å². The maximum absolute atomic E-state index is 11.8. The van der Waals surface area contributed by atoms with Crippen LogP contribution in [-0.2, 0) is 9.53 Å². The summed E-state index contributed by atoms with van der Waals surface area (Å²) in [6.07, 6.45) is 14.5. The van der Waals surface area contributed by atoms with Crippen LogP contribution in [-0.4, -0.2) is 12.1 Å². The Bertz CT molecular complexity index is 821. The Kier molecular flexibility index (Phi) is 6.92. The molecule has 0 aromatic rings. The summed E-state index contributed by atoms with van der Waals surface area (Å²) in [5, 5.41) is 0. The minimum atomic E-state index is -0.113. The van der Waals surface area contributed by atoms with Gasteiger partial charge in [0, 0.05) is 12.3 Å². The van der Waals surface area contributed by atoms with Gasteiger partial charge in [-0.05, 0) is 91.3 Å². The van der Waals surface area contributed by atoms with Gasteiger partial charge in [0.05, 0.1) is 0 Å². The van der Waals surface area contributed by atoms with Crippen LogP contribution in [0.15, 0.2) is 11.1 Å². The number of fused-ring (bicyclic) bond motifs is 4. The van der Waals surface area contributed by atoms with Crippen molar-refractivity contribution in [2.75, 3.05) is 0 Å². The monoisotopic (exact) mass is 470 g/mol. The first-order valence-corrected chi connectivity index (χ1v) is 14.7. The van der Waals surface area contributed by atoms with Crippen molar-refractivity contribution < 1.29 is 9.53 Å². The van der Waals surface area contributed by atoms with E-state index in [-0.39, 0.29) is 22.9 Å². The third-order valence-electron chi connectivity index (χ3n) is 12.2. The van der Waals surface area contributed by atoms with Gasteiger partial charge in [0.25, 0.3) is 0 Å². The fourth-order valence-corrected chi connectivity index (χ4v) is 10.1. The van der Waals surface area contributed by atoms with Crippen molar-refractivity contribution in [1.29, 1.82) is 0 Å². The van der Waals surface area contributed by atoms with Gasteiger partial charge in [-0.2, -0.15) is 0 Å². The molecule has 2 unspecified atom stereocenters. The summed E-state index contributed by atoms with van der Waals surface area (Å²) < 4.78 is 5.87. The molecular weight excluding hydrogens is 416 g/mol. The SMILES string of the molecule is CC(=O)O[C@@H]1CCC2(C)C3=C(CC[C@H]2C1(C)C)[C@@]1(C)CC[C@@H](C(C)CCCC(C)C)[C@]1(C)CC3. The van der Waals surface area contributed by atoms with Gasteiger partial charge in [0.1, 0.15) is 6.10 Å². The molecular formula is C32H54O2. The minimum Gasteiger partial charge on any atom is -0.462 e. The second kappa shape index (κ2) is 8.95. The van der Waals surface area contributed by atoms with Gasteiger partial charge in [0.2, 0.25) is 0 Å². The number of hydrogen-bond donors (Lipinski definition) is 0. The molecule has 0 aliphatic heterocycles. The highest BCUT2D eigenvalue weighted by Gasteiger charge is 2.63. The fraction of sp³-hybridized carbons (Fsp3) is 0.906. The normalized spacial score (nSPS) is 42.1. The molecule has 0 N–H and O–H groups in total. The van der Waals surface area contributed by atoms with Crippen LogP contribution in [0.25, 0.3) is 0 Å². The Morgan fingerprint density at radius 3 is 2.26 bits per heavy atom. The summed E-state index contributed by atoms with van der Waals surface area (Å²) in [5.41, 5.74) is 4.87. The second-order valence-electron chi connectivity index (χ2n) is 14.6. The zero-order valence-corrected chi connectivity index (χ0v) is 24.0. The predicted molar refractivity (Wildman–Crippen MR) is 142 cm³/mol. The van der Waals surface area contributed by atoms with E-state index in [1.807, 2.05) is 11.1 Å². The highest BCUT2D eigenvalue weighted by molar-refractivity contribution is 5.66. The smallest absolute Gasteiger partial charge is 0.302 e. The lowest BCUT2D eigenvalue weighted by molar-refractivity contribution is -0.167. The van der Waals surface area contributed by atoms with Crippen molar-refractivity contribution in [3.05, 3.63) is 11.1 Å². The summed E-state index contributed by atoms with van der Waals surface area (Å²) in [7, 11) is 0. The van der Waals surface area contributed by atoms with Gasteiger partial charge in [-0.3, -0.25) is 4.79 Å². The summed E-state index contributed by atoms with van der Waals surface area (Å²) in [6, 6.07) is 0. The van der Waals surface area contributed by atoms with Crippen molar-refractivity contribution in [2.24, 2.45) is 45.3 Å². The first-order valence-electron chi connectivity index (χ1n) is 14.7. The molecule has 0 saturated heterocycles. The van der Waals surface area contributed by atoms with Crippen molar-refractivity contribution in [3.8, 4) is 0 Å².